The summed E-state index contributed by atoms with van der Waals surface area (Å²) in [4.78, 5) is 16.3. The second kappa shape index (κ2) is 6.18. The summed E-state index contributed by atoms with van der Waals surface area (Å²) in [6.45, 7) is 6.00. The lowest BCUT2D eigenvalue weighted by atomic mass is 10.1. The van der Waals surface area contributed by atoms with Crippen molar-refractivity contribution in [2.75, 3.05) is 26.7 Å². The van der Waals surface area contributed by atoms with Crippen molar-refractivity contribution in [2.24, 2.45) is 5.84 Å². The van der Waals surface area contributed by atoms with E-state index in [1.165, 1.54) is 6.26 Å². The molecule has 0 radical (unpaired) electrons. The van der Waals surface area contributed by atoms with E-state index < -0.39 is 0 Å². The summed E-state index contributed by atoms with van der Waals surface area (Å²) in [6.07, 6.45) is 2.67. The zero-order valence-corrected chi connectivity index (χ0v) is 11.6. The fourth-order valence-electron chi connectivity index (χ4n) is 2.56. The second-order valence-corrected chi connectivity index (χ2v) is 5.03. The van der Waals surface area contributed by atoms with Crippen molar-refractivity contribution in [3.8, 4) is 0 Å². The summed E-state index contributed by atoms with van der Waals surface area (Å²) in [6, 6.07) is 2.41. The number of piperazine rings is 1. The van der Waals surface area contributed by atoms with E-state index in [0.717, 1.165) is 38.2 Å². The molecule has 6 nitrogen and oxygen atoms in total. The predicted molar refractivity (Wildman–Crippen MR) is 72.3 cm³/mol. The van der Waals surface area contributed by atoms with Crippen LogP contribution in [0.4, 0.5) is 0 Å². The van der Waals surface area contributed by atoms with Crippen LogP contribution in [-0.4, -0.2) is 48.4 Å². The van der Waals surface area contributed by atoms with E-state index in [1.807, 2.05) is 6.07 Å². The van der Waals surface area contributed by atoms with Crippen LogP contribution in [0.15, 0.2) is 16.7 Å². The Balaban J connectivity index is 2.02. The average molecular weight is 266 g/mol. The third-order valence-electron chi connectivity index (χ3n) is 3.81. The van der Waals surface area contributed by atoms with Crippen molar-refractivity contribution in [3.63, 3.8) is 0 Å². The molecule has 0 bridgehead atoms. The highest BCUT2D eigenvalue weighted by Crippen LogP contribution is 2.17. The molecule has 0 saturated carbocycles. The van der Waals surface area contributed by atoms with Gasteiger partial charge in [-0.1, -0.05) is 6.92 Å². The van der Waals surface area contributed by atoms with Crippen LogP contribution < -0.4 is 11.3 Å². The maximum absolute atomic E-state index is 11.6. The molecule has 2 rings (SSSR count). The van der Waals surface area contributed by atoms with E-state index in [9.17, 15) is 4.79 Å². The first kappa shape index (κ1) is 14.0. The summed E-state index contributed by atoms with van der Waals surface area (Å²) < 4.78 is 5.20. The molecule has 1 aromatic rings. The van der Waals surface area contributed by atoms with Gasteiger partial charge in [-0.2, -0.15) is 0 Å². The molecule has 1 unspecified atom stereocenters. The van der Waals surface area contributed by atoms with Gasteiger partial charge in [-0.05, 0) is 19.5 Å². The number of nitrogens with zero attached hydrogens (tertiary/aromatic N) is 2. The Morgan fingerprint density at radius 1 is 1.58 bits per heavy atom. The van der Waals surface area contributed by atoms with Crippen molar-refractivity contribution in [2.45, 2.75) is 25.9 Å². The topological polar surface area (TPSA) is 74.7 Å². The van der Waals surface area contributed by atoms with Crippen molar-refractivity contribution >= 4 is 5.91 Å². The number of nitrogens with two attached hydrogens (primary N) is 1. The van der Waals surface area contributed by atoms with Gasteiger partial charge in [0, 0.05) is 37.8 Å². The third kappa shape index (κ3) is 3.15. The van der Waals surface area contributed by atoms with Crippen LogP contribution in [0.5, 0.6) is 0 Å². The Labute approximate surface area is 113 Å². The lowest BCUT2D eigenvalue weighted by Gasteiger charge is -2.39. The molecule has 1 atom stereocenters. The second-order valence-electron chi connectivity index (χ2n) is 5.03. The van der Waals surface area contributed by atoms with Crippen LogP contribution in [0.1, 0.15) is 29.5 Å². The number of hydrazine groups is 1. The number of nitrogen functional groups attached to an aromatic ring is 1. The number of hydrogen-bond donors (Lipinski definition) is 2. The van der Waals surface area contributed by atoms with Gasteiger partial charge in [0.15, 0.2) is 5.76 Å². The van der Waals surface area contributed by atoms with Gasteiger partial charge in [-0.25, -0.2) is 5.84 Å². The minimum Gasteiger partial charge on any atom is -0.459 e. The number of amides is 1. The fourth-order valence-corrected chi connectivity index (χ4v) is 2.56. The summed E-state index contributed by atoms with van der Waals surface area (Å²) in [7, 11) is 2.16. The Bertz CT molecular complexity index is 432. The first-order valence-corrected chi connectivity index (χ1v) is 6.65. The lowest BCUT2D eigenvalue weighted by Crippen LogP contribution is -2.50. The largest absolute Gasteiger partial charge is 0.459 e. The van der Waals surface area contributed by atoms with Crippen molar-refractivity contribution < 1.29 is 9.21 Å². The van der Waals surface area contributed by atoms with Crippen LogP contribution in [0.2, 0.25) is 0 Å². The summed E-state index contributed by atoms with van der Waals surface area (Å²) in [5.41, 5.74) is 3.00. The minimum absolute atomic E-state index is 0.314. The maximum atomic E-state index is 11.6. The normalized spacial score (nSPS) is 21.5. The van der Waals surface area contributed by atoms with Gasteiger partial charge >= 0.3 is 5.91 Å². The lowest BCUT2D eigenvalue weighted by molar-refractivity contribution is 0.0858. The summed E-state index contributed by atoms with van der Waals surface area (Å²) in [5, 5.41) is 0. The zero-order chi connectivity index (χ0) is 13.8. The molecule has 1 aromatic heterocycles. The van der Waals surface area contributed by atoms with Gasteiger partial charge in [0.1, 0.15) is 0 Å². The van der Waals surface area contributed by atoms with Gasteiger partial charge in [-0.15, -0.1) is 0 Å². The van der Waals surface area contributed by atoms with Crippen molar-refractivity contribution in [1.29, 1.82) is 0 Å². The number of nitrogens with one attached hydrogen (secondary N) is 1. The molecule has 1 amide bonds. The van der Waals surface area contributed by atoms with Crippen molar-refractivity contribution in [1.82, 2.24) is 15.2 Å². The van der Waals surface area contributed by atoms with Gasteiger partial charge in [0.05, 0.1) is 6.26 Å². The number of hydrogen-bond acceptors (Lipinski definition) is 5. The Morgan fingerprint density at radius 3 is 3.05 bits per heavy atom. The highest BCUT2D eigenvalue weighted by Gasteiger charge is 2.24. The molecule has 1 fully saturated rings. The summed E-state index contributed by atoms with van der Waals surface area (Å²) >= 11 is 0. The Kier molecular flexibility index (Phi) is 4.57. The van der Waals surface area contributed by atoms with E-state index in [2.05, 4.69) is 29.2 Å². The van der Waals surface area contributed by atoms with Crippen LogP contribution >= 0.6 is 0 Å². The van der Waals surface area contributed by atoms with Crippen molar-refractivity contribution in [3.05, 3.63) is 23.7 Å². The predicted octanol–water partition coefficient (Wildman–Crippen LogP) is 0.409. The number of carbonyl (C=O) groups is 1. The molecule has 2 heterocycles. The highest BCUT2D eigenvalue weighted by atomic mass is 16.3. The molecule has 6 heteroatoms. The molecule has 1 saturated heterocycles. The van der Waals surface area contributed by atoms with Gasteiger partial charge in [0.25, 0.3) is 0 Å². The molecule has 0 aromatic carbocycles. The van der Waals surface area contributed by atoms with Gasteiger partial charge in [-0.3, -0.25) is 15.1 Å². The van der Waals surface area contributed by atoms with Gasteiger partial charge < -0.3 is 9.32 Å². The monoisotopic (exact) mass is 266 g/mol. The first-order valence-electron chi connectivity index (χ1n) is 6.65. The Morgan fingerprint density at radius 2 is 2.37 bits per heavy atom. The highest BCUT2D eigenvalue weighted by molar-refractivity contribution is 5.92. The third-order valence-corrected chi connectivity index (χ3v) is 3.81. The average Bonchev–Trinajstić information content (AvgIpc) is 2.88. The quantitative estimate of drug-likeness (QED) is 0.469. The smallest absolute Gasteiger partial charge is 0.301 e. The molecule has 0 spiro atoms. The van der Waals surface area contributed by atoms with E-state index in [0.29, 0.717) is 11.8 Å². The molecule has 19 heavy (non-hydrogen) atoms. The molecule has 1 aliphatic rings. The molecular weight excluding hydrogens is 244 g/mol. The number of carbonyl (C=O) groups excluding carboxylic acids is 1. The minimum atomic E-state index is -0.374. The van der Waals surface area contributed by atoms with Crippen LogP contribution in [0.3, 0.4) is 0 Å². The van der Waals surface area contributed by atoms with E-state index in [-0.39, 0.29) is 5.91 Å². The SMILES string of the molecule is CCC1CN(Cc2ccoc2C(=O)NN)CCN1C. The summed E-state index contributed by atoms with van der Waals surface area (Å²) in [5.74, 6) is 5.09. The van der Waals surface area contributed by atoms with Crippen LogP contribution in [0.25, 0.3) is 0 Å². The molecule has 3 N–H and O–H groups in total. The van der Waals surface area contributed by atoms with E-state index >= 15 is 0 Å². The fraction of sp³-hybridized carbons (Fsp3) is 0.615. The number of furan rings is 1. The molecule has 0 aliphatic carbocycles. The van der Waals surface area contributed by atoms with E-state index in [1.54, 1.807) is 0 Å². The molecule has 106 valence electrons. The van der Waals surface area contributed by atoms with E-state index in [4.69, 9.17) is 10.3 Å². The number of rotatable bonds is 4. The van der Waals surface area contributed by atoms with Crippen LogP contribution in [0, 0.1) is 0 Å². The first-order chi connectivity index (χ1) is 9.15. The molecule has 1 aliphatic heterocycles. The molecular formula is C13H22N4O2. The maximum Gasteiger partial charge on any atom is 0.301 e. The number of likely N-dealkylation sites (N-methyl/N-ethyl adjacent to an activating group) is 1. The zero-order valence-electron chi connectivity index (χ0n) is 11.6. The standard InChI is InChI=1S/C13H22N4O2/c1-3-11-9-17(6-5-16(11)2)8-10-4-7-19-12(10)13(18)15-14/h4,7,11H,3,5-6,8-9,14H2,1-2H3,(H,15,18). The Hall–Kier alpha value is -1.37. The van der Waals surface area contributed by atoms with Crippen LogP contribution in [-0.2, 0) is 6.54 Å². The van der Waals surface area contributed by atoms with Gasteiger partial charge in [0.2, 0.25) is 0 Å².